The fourth-order valence-corrected chi connectivity index (χ4v) is 2.48. The summed E-state index contributed by atoms with van der Waals surface area (Å²) in [6.07, 6.45) is 0.818. The summed E-state index contributed by atoms with van der Waals surface area (Å²) in [7, 11) is -3.88. The largest absolute Gasteiger partial charge is 0.378 e. The summed E-state index contributed by atoms with van der Waals surface area (Å²) in [5.74, 6) is -1.41. The van der Waals surface area contributed by atoms with Crippen molar-refractivity contribution in [3.63, 3.8) is 0 Å². The number of hydrogen-bond acceptors (Lipinski definition) is 4. The van der Waals surface area contributed by atoms with Crippen molar-refractivity contribution < 1.29 is 17.0 Å². The molecule has 108 valence electrons. The Bertz CT molecular complexity index is 771. The van der Waals surface area contributed by atoms with E-state index in [0.29, 0.717) is 11.4 Å². The molecule has 0 bridgehead atoms. The predicted octanol–water partition coefficient (Wildman–Crippen LogP) is 2.62. The summed E-state index contributed by atoms with van der Waals surface area (Å²) in [5.41, 5.74) is 1.48. The van der Waals surface area contributed by atoms with Crippen molar-refractivity contribution in [2.24, 2.45) is 0 Å². The van der Waals surface area contributed by atoms with Crippen molar-refractivity contribution in [2.75, 3.05) is 6.26 Å². The molecule has 1 heterocycles. The average Bonchev–Trinajstić information content (AvgIpc) is 2.63. The van der Waals surface area contributed by atoms with Gasteiger partial charge in [0.25, 0.3) is 0 Å². The van der Waals surface area contributed by atoms with Gasteiger partial charge in [0, 0.05) is 5.69 Å². The maximum atomic E-state index is 14.4. The highest BCUT2D eigenvalue weighted by Crippen LogP contribution is 2.33. The van der Waals surface area contributed by atoms with Crippen LogP contribution < -0.4 is 4.18 Å². The highest BCUT2D eigenvalue weighted by Gasteiger charge is 2.20. The third-order valence-electron chi connectivity index (χ3n) is 2.50. The van der Waals surface area contributed by atoms with E-state index >= 15 is 0 Å². The molecule has 0 aliphatic rings. The average molecular weight is 319 g/mol. The highest BCUT2D eigenvalue weighted by molar-refractivity contribution is 7.86. The summed E-state index contributed by atoms with van der Waals surface area (Å²) in [5, 5.41) is 4.01. The molecule has 1 aromatic carbocycles. The van der Waals surface area contributed by atoms with Crippen LogP contribution in [0.15, 0.2) is 18.2 Å². The summed E-state index contributed by atoms with van der Waals surface area (Å²) in [6.45, 7) is 3.52. The lowest BCUT2D eigenvalue weighted by atomic mass is 10.2. The van der Waals surface area contributed by atoms with E-state index in [9.17, 15) is 12.8 Å². The second-order valence-corrected chi connectivity index (χ2v) is 6.32. The maximum Gasteiger partial charge on any atom is 0.306 e. The van der Waals surface area contributed by atoms with Crippen LogP contribution in [0.5, 0.6) is 5.75 Å². The zero-order valence-electron chi connectivity index (χ0n) is 11.0. The van der Waals surface area contributed by atoms with E-state index < -0.39 is 21.7 Å². The van der Waals surface area contributed by atoms with E-state index in [2.05, 4.69) is 9.28 Å². The number of hydrogen-bond donors (Lipinski definition) is 0. The Hall–Kier alpha value is -1.60. The Morgan fingerprint density at radius 1 is 1.35 bits per heavy atom. The first-order chi connectivity index (χ1) is 9.19. The van der Waals surface area contributed by atoms with Crippen molar-refractivity contribution in [2.45, 2.75) is 13.8 Å². The lowest BCUT2D eigenvalue weighted by molar-refractivity contribution is 0.465. The molecule has 5 nitrogen and oxygen atoms in total. The van der Waals surface area contributed by atoms with E-state index in [1.54, 1.807) is 19.9 Å². The Balaban J connectivity index is 2.63. The minimum absolute atomic E-state index is 0.0682. The van der Waals surface area contributed by atoms with E-state index in [1.165, 1.54) is 16.8 Å². The van der Waals surface area contributed by atoms with Gasteiger partial charge in [-0.3, -0.25) is 0 Å². The van der Waals surface area contributed by atoms with Gasteiger partial charge < -0.3 is 4.18 Å². The molecule has 0 fully saturated rings. The van der Waals surface area contributed by atoms with E-state index in [0.717, 1.165) is 6.26 Å². The van der Waals surface area contributed by atoms with Gasteiger partial charge in [-0.05, 0) is 32.0 Å². The van der Waals surface area contributed by atoms with Crippen LogP contribution in [0.4, 0.5) is 4.39 Å². The molecule has 0 aliphatic heterocycles. The molecule has 0 unspecified atom stereocenters. The van der Waals surface area contributed by atoms with Crippen molar-refractivity contribution in [1.82, 2.24) is 9.78 Å². The highest BCUT2D eigenvalue weighted by atomic mass is 35.5. The zero-order chi connectivity index (χ0) is 15.1. The molecule has 0 atom stereocenters. The molecule has 2 rings (SSSR count). The van der Waals surface area contributed by atoms with Crippen LogP contribution in [0, 0.1) is 19.7 Å². The molecule has 0 saturated heterocycles. The first-order valence-electron chi connectivity index (χ1n) is 5.60. The first kappa shape index (κ1) is 14.8. The Labute approximate surface area is 121 Å². The van der Waals surface area contributed by atoms with Crippen LogP contribution in [-0.4, -0.2) is 24.5 Å². The van der Waals surface area contributed by atoms with Crippen LogP contribution in [-0.2, 0) is 10.1 Å². The van der Waals surface area contributed by atoms with Crippen molar-refractivity contribution in [1.29, 1.82) is 0 Å². The number of aryl methyl sites for hydroxylation is 2. The molecule has 2 aromatic rings. The Kier molecular flexibility index (Phi) is 3.75. The number of benzene rings is 1. The second kappa shape index (κ2) is 5.06. The van der Waals surface area contributed by atoms with Gasteiger partial charge in [-0.1, -0.05) is 11.6 Å². The summed E-state index contributed by atoms with van der Waals surface area (Å²) in [6, 6.07) is 4.54. The van der Waals surface area contributed by atoms with Crippen LogP contribution in [0.1, 0.15) is 11.4 Å². The van der Waals surface area contributed by atoms with Gasteiger partial charge >= 0.3 is 10.1 Å². The predicted molar refractivity (Wildman–Crippen MR) is 73.5 cm³/mol. The molecule has 8 heteroatoms. The smallest absolute Gasteiger partial charge is 0.306 e. The fraction of sp³-hybridized carbons (Fsp3) is 0.250. The molecule has 1 aromatic heterocycles. The summed E-state index contributed by atoms with van der Waals surface area (Å²) >= 11 is 5.78. The minimum Gasteiger partial charge on any atom is -0.378 e. The maximum absolute atomic E-state index is 14.4. The first-order valence-corrected chi connectivity index (χ1v) is 7.79. The van der Waals surface area contributed by atoms with Crippen LogP contribution in [0.3, 0.4) is 0 Å². The van der Waals surface area contributed by atoms with E-state index in [1.807, 2.05) is 0 Å². The molecule has 0 radical (unpaired) electrons. The molecule has 0 amide bonds. The van der Waals surface area contributed by atoms with Gasteiger partial charge in [0.2, 0.25) is 0 Å². The molecule has 0 aliphatic carbocycles. The molecular weight excluding hydrogens is 307 g/mol. The van der Waals surface area contributed by atoms with Gasteiger partial charge in [0.1, 0.15) is 5.69 Å². The number of nitrogens with zero attached hydrogens (tertiary/aromatic N) is 2. The number of halogens is 2. The van der Waals surface area contributed by atoms with Gasteiger partial charge in [0.05, 0.1) is 17.0 Å². The quantitative estimate of drug-likeness (QED) is 0.816. The second-order valence-electron chi connectivity index (χ2n) is 4.34. The third kappa shape index (κ3) is 2.94. The lowest BCUT2D eigenvalue weighted by Gasteiger charge is -2.11. The standard InChI is InChI=1S/C12H12ClFN2O3S/c1-7-6-8(2)16(15-7)10-5-4-9(13)12(11(10)14)19-20(3,17)18/h4-6H,1-3H3. The van der Waals surface area contributed by atoms with Gasteiger partial charge in [-0.2, -0.15) is 13.5 Å². The molecule has 0 spiro atoms. The molecule has 20 heavy (non-hydrogen) atoms. The minimum atomic E-state index is -3.88. The zero-order valence-corrected chi connectivity index (χ0v) is 12.6. The lowest BCUT2D eigenvalue weighted by Crippen LogP contribution is -2.10. The summed E-state index contributed by atoms with van der Waals surface area (Å²) < 4.78 is 42.7. The van der Waals surface area contributed by atoms with Crippen molar-refractivity contribution >= 4 is 21.7 Å². The Morgan fingerprint density at radius 3 is 2.50 bits per heavy atom. The van der Waals surface area contributed by atoms with Crippen LogP contribution in [0.25, 0.3) is 5.69 Å². The molecule has 0 saturated carbocycles. The third-order valence-corrected chi connectivity index (χ3v) is 3.27. The van der Waals surface area contributed by atoms with Crippen molar-refractivity contribution in [3.05, 3.63) is 40.4 Å². The fourth-order valence-electron chi connectivity index (χ4n) is 1.79. The normalized spacial score (nSPS) is 11.7. The Morgan fingerprint density at radius 2 is 2.00 bits per heavy atom. The van der Waals surface area contributed by atoms with Crippen LogP contribution in [0.2, 0.25) is 5.02 Å². The van der Waals surface area contributed by atoms with Gasteiger partial charge in [0.15, 0.2) is 11.6 Å². The van der Waals surface area contributed by atoms with Crippen LogP contribution >= 0.6 is 11.6 Å². The van der Waals surface area contributed by atoms with Gasteiger partial charge in [-0.25, -0.2) is 9.07 Å². The van der Waals surface area contributed by atoms with E-state index in [4.69, 9.17) is 11.6 Å². The van der Waals surface area contributed by atoms with Gasteiger partial charge in [-0.15, -0.1) is 0 Å². The van der Waals surface area contributed by atoms with E-state index in [-0.39, 0.29) is 10.7 Å². The summed E-state index contributed by atoms with van der Waals surface area (Å²) in [4.78, 5) is 0. The SMILES string of the molecule is Cc1cc(C)n(-c2ccc(Cl)c(OS(C)(=O)=O)c2F)n1. The topological polar surface area (TPSA) is 61.2 Å². The number of rotatable bonds is 3. The molecular formula is C12H12ClFN2O3S. The molecule has 0 N–H and O–H groups in total. The van der Waals surface area contributed by atoms with Crippen molar-refractivity contribution in [3.8, 4) is 11.4 Å². The monoisotopic (exact) mass is 318 g/mol. The number of aromatic nitrogens is 2.